The van der Waals surface area contributed by atoms with Crippen LogP contribution < -0.4 is 0 Å². The van der Waals surface area contributed by atoms with E-state index >= 15 is 0 Å². The van der Waals surface area contributed by atoms with Gasteiger partial charge in [-0.3, -0.25) is 4.98 Å². The van der Waals surface area contributed by atoms with Gasteiger partial charge in [0.1, 0.15) is 5.69 Å². The maximum absolute atomic E-state index is 12.3. The van der Waals surface area contributed by atoms with Crippen molar-refractivity contribution in [3.63, 3.8) is 0 Å². The highest BCUT2D eigenvalue weighted by molar-refractivity contribution is 5.18. The van der Waals surface area contributed by atoms with Gasteiger partial charge < -0.3 is 5.11 Å². The molecule has 0 spiro atoms. The summed E-state index contributed by atoms with van der Waals surface area (Å²) in [4.78, 5) is 3.26. The van der Waals surface area contributed by atoms with E-state index in [0.717, 1.165) is 12.3 Å². The molecule has 5 heteroatoms. The molecule has 0 unspecified atom stereocenters. The Hall–Kier alpha value is -1.10. The molecule has 0 aliphatic heterocycles. The van der Waals surface area contributed by atoms with Gasteiger partial charge in [0.2, 0.25) is 0 Å². The first-order valence-corrected chi connectivity index (χ1v) is 4.56. The highest BCUT2D eigenvalue weighted by Gasteiger charge is 2.32. The van der Waals surface area contributed by atoms with E-state index in [2.05, 4.69) is 4.98 Å². The molecule has 0 fully saturated rings. The van der Waals surface area contributed by atoms with Crippen LogP contribution >= 0.6 is 0 Å². The molecule has 1 aromatic rings. The standard InChI is InChI=1S/C10H12F3NO/c1-7(6-15)4-8-2-3-14-9(5-8)10(11,12)13/h2-3,5,7,15H,4,6H2,1H3/t7-/m0/s1. The zero-order chi connectivity index (χ0) is 11.5. The number of aliphatic hydroxyl groups excluding tert-OH is 1. The minimum Gasteiger partial charge on any atom is -0.396 e. The van der Waals surface area contributed by atoms with Crippen LogP contribution in [0.15, 0.2) is 18.3 Å². The van der Waals surface area contributed by atoms with Crippen LogP contribution in [0.1, 0.15) is 18.2 Å². The number of aromatic nitrogens is 1. The predicted molar refractivity (Wildman–Crippen MR) is 49.2 cm³/mol. The van der Waals surface area contributed by atoms with Gasteiger partial charge in [-0.1, -0.05) is 6.92 Å². The molecule has 0 saturated carbocycles. The Labute approximate surface area is 85.8 Å². The van der Waals surface area contributed by atoms with Crippen molar-refractivity contribution >= 4 is 0 Å². The van der Waals surface area contributed by atoms with Crippen molar-refractivity contribution in [2.45, 2.75) is 19.5 Å². The molecule has 1 atom stereocenters. The van der Waals surface area contributed by atoms with E-state index in [-0.39, 0.29) is 12.5 Å². The summed E-state index contributed by atoms with van der Waals surface area (Å²) in [6, 6.07) is 2.55. The normalized spacial score (nSPS) is 13.9. The second kappa shape index (κ2) is 4.61. The quantitative estimate of drug-likeness (QED) is 0.845. The van der Waals surface area contributed by atoms with E-state index in [9.17, 15) is 13.2 Å². The van der Waals surface area contributed by atoms with Gasteiger partial charge in [0, 0.05) is 12.8 Å². The Morgan fingerprint density at radius 2 is 2.13 bits per heavy atom. The number of alkyl halides is 3. The van der Waals surface area contributed by atoms with Crippen LogP contribution in [-0.2, 0) is 12.6 Å². The first kappa shape index (κ1) is 12.0. The minimum absolute atomic E-state index is 0.0380. The Bertz CT molecular complexity index is 325. The summed E-state index contributed by atoms with van der Waals surface area (Å²) in [7, 11) is 0. The summed E-state index contributed by atoms with van der Waals surface area (Å²) in [6.07, 6.45) is -2.84. The Morgan fingerprint density at radius 1 is 1.47 bits per heavy atom. The molecule has 0 radical (unpaired) electrons. The number of rotatable bonds is 3. The Balaban J connectivity index is 2.84. The lowest BCUT2D eigenvalue weighted by atomic mass is 10.0. The Kier molecular flexibility index (Phi) is 3.68. The lowest BCUT2D eigenvalue weighted by Gasteiger charge is -2.10. The van der Waals surface area contributed by atoms with E-state index in [0.29, 0.717) is 12.0 Å². The molecule has 0 aliphatic carbocycles. The number of nitrogens with zero attached hydrogens (tertiary/aromatic N) is 1. The van der Waals surface area contributed by atoms with Crippen molar-refractivity contribution in [1.29, 1.82) is 0 Å². The maximum Gasteiger partial charge on any atom is 0.433 e. The Morgan fingerprint density at radius 3 is 2.67 bits per heavy atom. The summed E-state index contributed by atoms with van der Waals surface area (Å²) in [5.41, 5.74) is -0.344. The monoisotopic (exact) mass is 219 g/mol. The molecule has 0 aromatic carbocycles. The van der Waals surface area contributed by atoms with Crippen molar-refractivity contribution in [1.82, 2.24) is 4.98 Å². The van der Waals surface area contributed by atoms with Gasteiger partial charge in [-0.05, 0) is 30.0 Å². The van der Waals surface area contributed by atoms with Gasteiger partial charge in [-0.15, -0.1) is 0 Å². The summed E-state index contributed by atoms with van der Waals surface area (Å²) >= 11 is 0. The van der Waals surface area contributed by atoms with E-state index in [1.807, 2.05) is 0 Å². The topological polar surface area (TPSA) is 33.1 Å². The molecule has 1 heterocycles. The van der Waals surface area contributed by atoms with Gasteiger partial charge in [0.15, 0.2) is 0 Å². The van der Waals surface area contributed by atoms with Crippen LogP contribution in [0, 0.1) is 5.92 Å². The van der Waals surface area contributed by atoms with E-state index in [4.69, 9.17) is 5.11 Å². The molecule has 84 valence electrons. The number of aliphatic hydroxyl groups is 1. The number of hydrogen-bond donors (Lipinski definition) is 1. The molecule has 0 bridgehead atoms. The number of halogens is 3. The average molecular weight is 219 g/mol. The third kappa shape index (κ3) is 3.51. The largest absolute Gasteiger partial charge is 0.433 e. The third-order valence-electron chi connectivity index (χ3n) is 2.01. The maximum atomic E-state index is 12.3. The molecule has 1 aromatic heterocycles. The van der Waals surface area contributed by atoms with E-state index in [1.165, 1.54) is 6.07 Å². The zero-order valence-electron chi connectivity index (χ0n) is 8.25. The first-order chi connectivity index (χ1) is 6.93. The summed E-state index contributed by atoms with van der Waals surface area (Å²) in [6.45, 7) is 1.73. The van der Waals surface area contributed by atoms with Gasteiger partial charge in [0.25, 0.3) is 0 Å². The van der Waals surface area contributed by atoms with Crippen LogP contribution in [0.25, 0.3) is 0 Å². The molecule has 0 amide bonds. The average Bonchev–Trinajstić information content (AvgIpc) is 2.17. The summed E-state index contributed by atoms with van der Waals surface area (Å²) in [5.74, 6) is -0.0477. The highest BCUT2D eigenvalue weighted by Crippen LogP contribution is 2.28. The van der Waals surface area contributed by atoms with E-state index in [1.54, 1.807) is 6.92 Å². The zero-order valence-corrected chi connectivity index (χ0v) is 8.25. The van der Waals surface area contributed by atoms with Gasteiger partial charge in [-0.25, -0.2) is 0 Å². The van der Waals surface area contributed by atoms with Gasteiger partial charge in [-0.2, -0.15) is 13.2 Å². The van der Waals surface area contributed by atoms with Gasteiger partial charge in [0.05, 0.1) is 0 Å². The number of hydrogen-bond acceptors (Lipinski definition) is 2. The molecule has 1 rings (SSSR count). The number of pyridine rings is 1. The summed E-state index contributed by atoms with van der Waals surface area (Å²) in [5, 5.41) is 8.79. The second-order valence-corrected chi connectivity index (χ2v) is 3.54. The van der Waals surface area contributed by atoms with Crippen molar-refractivity contribution in [2.24, 2.45) is 5.92 Å². The second-order valence-electron chi connectivity index (χ2n) is 3.54. The van der Waals surface area contributed by atoms with Crippen LogP contribution in [0.5, 0.6) is 0 Å². The molecule has 15 heavy (non-hydrogen) atoms. The highest BCUT2D eigenvalue weighted by atomic mass is 19.4. The minimum atomic E-state index is -4.40. The summed E-state index contributed by atoms with van der Waals surface area (Å²) < 4.78 is 36.8. The fraction of sp³-hybridized carbons (Fsp3) is 0.500. The van der Waals surface area contributed by atoms with Crippen molar-refractivity contribution in [2.75, 3.05) is 6.61 Å². The lowest BCUT2D eigenvalue weighted by molar-refractivity contribution is -0.141. The van der Waals surface area contributed by atoms with E-state index < -0.39 is 11.9 Å². The van der Waals surface area contributed by atoms with Crippen LogP contribution in [0.4, 0.5) is 13.2 Å². The molecular formula is C10H12F3NO. The van der Waals surface area contributed by atoms with Crippen molar-refractivity contribution in [3.05, 3.63) is 29.6 Å². The molecule has 2 nitrogen and oxygen atoms in total. The van der Waals surface area contributed by atoms with Gasteiger partial charge >= 0.3 is 6.18 Å². The van der Waals surface area contributed by atoms with Crippen LogP contribution in [0.3, 0.4) is 0 Å². The molecule has 0 saturated heterocycles. The van der Waals surface area contributed by atoms with Crippen LogP contribution in [-0.4, -0.2) is 16.7 Å². The molecule has 1 N–H and O–H groups in total. The molecule has 0 aliphatic rings. The fourth-order valence-electron chi connectivity index (χ4n) is 1.22. The first-order valence-electron chi connectivity index (χ1n) is 4.56. The van der Waals surface area contributed by atoms with Crippen molar-refractivity contribution in [3.8, 4) is 0 Å². The predicted octanol–water partition coefficient (Wildman–Crippen LogP) is 2.27. The third-order valence-corrected chi connectivity index (χ3v) is 2.01. The van der Waals surface area contributed by atoms with Crippen molar-refractivity contribution < 1.29 is 18.3 Å². The SMILES string of the molecule is C[C@H](CO)Cc1ccnc(C(F)(F)F)c1. The fourth-order valence-corrected chi connectivity index (χ4v) is 1.22. The smallest absolute Gasteiger partial charge is 0.396 e. The molecular weight excluding hydrogens is 207 g/mol. The van der Waals surface area contributed by atoms with Crippen LogP contribution in [0.2, 0.25) is 0 Å². The lowest BCUT2D eigenvalue weighted by Crippen LogP contribution is -2.10.